The van der Waals surface area contributed by atoms with Crippen LogP contribution in [0, 0.1) is 0 Å². The van der Waals surface area contributed by atoms with Crippen molar-refractivity contribution in [2.24, 2.45) is 4.99 Å². The second-order valence-electron chi connectivity index (χ2n) is 6.77. The lowest BCUT2D eigenvalue weighted by atomic mass is 10.2. The number of ether oxygens (including phenoxy) is 2. The zero-order valence-corrected chi connectivity index (χ0v) is 16.3. The fourth-order valence-corrected chi connectivity index (χ4v) is 7.55. The second-order valence-corrected chi connectivity index (χ2v) is 10.1. The van der Waals surface area contributed by atoms with Gasteiger partial charge in [-0.15, -0.1) is 0 Å². The van der Waals surface area contributed by atoms with Crippen molar-refractivity contribution in [3.8, 4) is 11.5 Å². The number of hydrogen-bond donors (Lipinski definition) is 0. The van der Waals surface area contributed by atoms with Crippen LogP contribution < -0.4 is 14.4 Å². The molecule has 2 aromatic rings. The summed E-state index contributed by atoms with van der Waals surface area (Å²) < 4.78 is 35.1. The van der Waals surface area contributed by atoms with E-state index in [1.807, 2.05) is 17.0 Å². The van der Waals surface area contributed by atoms with Crippen molar-refractivity contribution >= 4 is 38.4 Å². The fourth-order valence-electron chi connectivity index (χ4n) is 3.63. The van der Waals surface area contributed by atoms with Gasteiger partial charge in [-0.2, -0.15) is 4.99 Å². The molecular formula is C19H16N2O5S2. The van der Waals surface area contributed by atoms with E-state index in [2.05, 4.69) is 4.99 Å². The topological polar surface area (TPSA) is 85.3 Å². The van der Waals surface area contributed by atoms with Crippen molar-refractivity contribution in [1.82, 2.24) is 0 Å². The molecule has 0 N–H and O–H groups in total. The quantitative estimate of drug-likeness (QED) is 0.743. The molecular weight excluding hydrogens is 400 g/mol. The second kappa shape index (κ2) is 6.52. The molecule has 1 amide bonds. The van der Waals surface area contributed by atoms with Crippen molar-refractivity contribution in [3.05, 3.63) is 54.1 Å². The van der Waals surface area contributed by atoms with E-state index in [1.165, 1.54) is 11.8 Å². The van der Waals surface area contributed by atoms with E-state index < -0.39 is 9.84 Å². The number of anilines is 1. The predicted octanol–water partition coefficient (Wildman–Crippen LogP) is 2.33. The molecule has 7 nitrogen and oxygen atoms in total. The van der Waals surface area contributed by atoms with Gasteiger partial charge >= 0.3 is 0 Å². The van der Waals surface area contributed by atoms with E-state index in [0.29, 0.717) is 22.2 Å². The summed E-state index contributed by atoms with van der Waals surface area (Å²) in [5.41, 5.74) is 1.23. The maximum absolute atomic E-state index is 12.6. The van der Waals surface area contributed by atoms with Crippen LogP contribution in [0.25, 0.3) is 0 Å². The molecule has 0 unspecified atom stereocenters. The van der Waals surface area contributed by atoms with E-state index in [9.17, 15) is 13.2 Å². The third-order valence-corrected chi connectivity index (χ3v) is 8.13. The van der Waals surface area contributed by atoms with Crippen molar-refractivity contribution < 1.29 is 22.7 Å². The minimum atomic E-state index is -3.12. The lowest BCUT2D eigenvalue weighted by molar-refractivity contribution is 0.100. The molecule has 0 saturated carbocycles. The highest BCUT2D eigenvalue weighted by atomic mass is 32.2. The Hall–Kier alpha value is -2.52. The minimum Gasteiger partial charge on any atom is -0.454 e. The van der Waals surface area contributed by atoms with Crippen LogP contribution in [0.15, 0.2) is 53.5 Å². The lowest BCUT2D eigenvalue weighted by Crippen LogP contribution is -2.37. The number of carbonyl (C=O) groups excluding carboxylic acids is 1. The molecule has 3 aliphatic rings. The summed E-state index contributed by atoms with van der Waals surface area (Å²) in [5, 5.41) is 0.357. The molecule has 0 radical (unpaired) electrons. The number of amides is 1. The molecule has 2 fully saturated rings. The normalized spacial score (nSPS) is 25.9. The first-order valence-electron chi connectivity index (χ1n) is 8.74. The van der Waals surface area contributed by atoms with Crippen molar-refractivity contribution in [2.75, 3.05) is 23.2 Å². The van der Waals surface area contributed by atoms with Crippen LogP contribution in [-0.2, 0) is 9.84 Å². The maximum Gasteiger partial charge on any atom is 0.279 e. The molecule has 0 spiro atoms. The first-order valence-corrected chi connectivity index (χ1v) is 11.4. The largest absolute Gasteiger partial charge is 0.454 e. The van der Waals surface area contributed by atoms with Gasteiger partial charge in [-0.3, -0.25) is 4.79 Å². The number of carbonyl (C=O) groups is 1. The molecule has 0 aromatic heterocycles. The van der Waals surface area contributed by atoms with Gasteiger partial charge in [0.2, 0.25) is 6.79 Å². The van der Waals surface area contributed by atoms with Crippen molar-refractivity contribution in [1.29, 1.82) is 0 Å². The van der Waals surface area contributed by atoms with Gasteiger partial charge in [0.1, 0.15) is 0 Å². The fraction of sp³-hybridized carbons (Fsp3) is 0.263. The van der Waals surface area contributed by atoms with Crippen LogP contribution in [-0.4, -0.2) is 49.1 Å². The van der Waals surface area contributed by atoms with Crippen LogP contribution in [0.3, 0.4) is 0 Å². The SMILES string of the molecule is O=C(N=C1S[C@H]2CS(=O)(=O)C[C@H]2N1c1ccc2c(c1)OCO2)c1ccccc1. The Labute approximate surface area is 166 Å². The number of fused-ring (bicyclic) bond motifs is 2. The first kappa shape index (κ1) is 17.6. The number of benzene rings is 2. The summed E-state index contributed by atoms with van der Waals surface area (Å²) in [5.74, 6) is 1.02. The molecule has 5 rings (SSSR count). The van der Waals surface area contributed by atoms with E-state index in [4.69, 9.17) is 9.47 Å². The Bertz CT molecular complexity index is 1080. The number of rotatable bonds is 2. The van der Waals surface area contributed by atoms with Gasteiger partial charge in [-0.1, -0.05) is 30.0 Å². The standard InChI is InChI=1S/C19H16N2O5S2/c22-18(12-4-2-1-3-5-12)20-19-21(14-9-28(23,24)10-17(14)27-19)13-6-7-15-16(8-13)26-11-25-15/h1-8,14,17H,9-11H2/t14-,17+/m1/s1. The van der Waals surface area contributed by atoms with Gasteiger partial charge in [-0.05, 0) is 24.3 Å². The van der Waals surface area contributed by atoms with Crippen LogP contribution in [0.4, 0.5) is 5.69 Å². The van der Waals surface area contributed by atoms with Crippen molar-refractivity contribution in [2.45, 2.75) is 11.3 Å². The Morgan fingerprint density at radius 3 is 2.68 bits per heavy atom. The zero-order chi connectivity index (χ0) is 19.3. The van der Waals surface area contributed by atoms with E-state index in [-0.39, 0.29) is 35.5 Å². The molecule has 0 bridgehead atoms. The Morgan fingerprint density at radius 1 is 1.07 bits per heavy atom. The highest BCUT2D eigenvalue weighted by Crippen LogP contribution is 2.44. The molecule has 2 saturated heterocycles. The molecule has 3 heterocycles. The van der Waals surface area contributed by atoms with Crippen LogP contribution >= 0.6 is 11.8 Å². The third-order valence-electron chi connectivity index (χ3n) is 4.92. The average Bonchev–Trinajstić information content (AvgIpc) is 3.33. The minimum absolute atomic E-state index is 0.0393. The number of amidine groups is 1. The van der Waals surface area contributed by atoms with E-state index in [1.54, 1.807) is 36.4 Å². The van der Waals surface area contributed by atoms with Gasteiger partial charge < -0.3 is 14.4 Å². The van der Waals surface area contributed by atoms with E-state index in [0.717, 1.165) is 5.69 Å². The van der Waals surface area contributed by atoms with Gasteiger partial charge in [0, 0.05) is 22.6 Å². The summed E-state index contributed by atoms with van der Waals surface area (Å²) in [6, 6.07) is 14.0. The number of hydrogen-bond acceptors (Lipinski definition) is 6. The molecule has 3 aliphatic heterocycles. The molecule has 0 aliphatic carbocycles. The smallest absolute Gasteiger partial charge is 0.279 e. The Balaban J connectivity index is 1.55. The molecule has 144 valence electrons. The summed E-state index contributed by atoms with van der Waals surface area (Å²) in [4.78, 5) is 18.8. The maximum atomic E-state index is 12.6. The van der Waals surface area contributed by atoms with Gasteiger partial charge in [0.15, 0.2) is 26.5 Å². The summed E-state index contributed by atoms with van der Waals surface area (Å²) in [7, 11) is -3.12. The predicted molar refractivity (Wildman–Crippen MR) is 107 cm³/mol. The first-order chi connectivity index (χ1) is 13.5. The van der Waals surface area contributed by atoms with Gasteiger partial charge in [-0.25, -0.2) is 8.42 Å². The van der Waals surface area contributed by atoms with Gasteiger partial charge in [0.05, 0.1) is 17.5 Å². The number of aliphatic imine (C=N–C) groups is 1. The molecule has 9 heteroatoms. The Kier molecular flexibility index (Phi) is 4.09. The monoisotopic (exact) mass is 416 g/mol. The highest BCUT2D eigenvalue weighted by molar-refractivity contribution is 8.16. The van der Waals surface area contributed by atoms with Crippen LogP contribution in [0.5, 0.6) is 11.5 Å². The lowest BCUT2D eigenvalue weighted by Gasteiger charge is -2.24. The third kappa shape index (κ3) is 3.04. The van der Waals surface area contributed by atoms with Gasteiger partial charge in [0.25, 0.3) is 5.91 Å². The molecule has 2 atom stereocenters. The van der Waals surface area contributed by atoms with Crippen LogP contribution in [0.2, 0.25) is 0 Å². The molecule has 28 heavy (non-hydrogen) atoms. The number of thioether (sulfide) groups is 1. The summed E-state index contributed by atoms with van der Waals surface area (Å²) in [6.07, 6.45) is 0. The number of nitrogens with zero attached hydrogens (tertiary/aromatic N) is 2. The average molecular weight is 416 g/mol. The molecule has 2 aromatic carbocycles. The zero-order valence-electron chi connectivity index (χ0n) is 14.6. The summed E-state index contributed by atoms with van der Waals surface area (Å²) >= 11 is 1.35. The van der Waals surface area contributed by atoms with Crippen molar-refractivity contribution in [3.63, 3.8) is 0 Å². The van der Waals surface area contributed by atoms with E-state index >= 15 is 0 Å². The highest BCUT2D eigenvalue weighted by Gasteiger charge is 2.49. The summed E-state index contributed by atoms with van der Waals surface area (Å²) in [6.45, 7) is 0.154. The number of sulfone groups is 1. The Morgan fingerprint density at radius 2 is 1.86 bits per heavy atom. The van der Waals surface area contributed by atoms with Crippen LogP contribution in [0.1, 0.15) is 10.4 Å².